The van der Waals surface area contributed by atoms with Crippen LogP contribution < -0.4 is 4.74 Å². The standard InChI is InChI=1S/C17H19BrO2/c1-10-5-13(9-15(18)6-10)16(19)14-7-11(2)17(20-4)12(3)8-14/h5-9,16,19H,1-4H3. The number of halogens is 1. The van der Waals surface area contributed by atoms with Crippen LogP contribution in [0.2, 0.25) is 0 Å². The van der Waals surface area contributed by atoms with Crippen molar-refractivity contribution in [2.24, 2.45) is 0 Å². The molecule has 2 aromatic carbocycles. The smallest absolute Gasteiger partial charge is 0.124 e. The Morgan fingerprint density at radius 1 is 0.950 bits per heavy atom. The van der Waals surface area contributed by atoms with Crippen LogP contribution in [0.25, 0.3) is 0 Å². The van der Waals surface area contributed by atoms with E-state index in [4.69, 9.17) is 4.74 Å². The molecule has 0 spiro atoms. The summed E-state index contributed by atoms with van der Waals surface area (Å²) in [5.41, 5.74) is 4.97. The maximum atomic E-state index is 10.6. The fourth-order valence-corrected chi connectivity index (χ4v) is 3.20. The molecule has 1 unspecified atom stereocenters. The van der Waals surface area contributed by atoms with Crippen LogP contribution in [0.4, 0.5) is 0 Å². The topological polar surface area (TPSA) is 29.5 Å². The van der Waals surface area contributed by atoms with E-state index in [1.165, 1.54) is 0 Å². The van der Waals surface area contributed by atoms with Crippen LogP contribution >= 0.6 is 15.9 Å². The van der Waals surface area contributed by atoms with Crippen molar-refractivity contribution in [2.75, 3.05) is 7.11 Å². The number of rotatable bonds is 3. The molecule has 0 aromatic heterocycles. The molecule has 0 aliphatic rings. The first-order valence-corrected chi connectivity index (χ1v) is 7.32. The Hall–Kier alpha value is -1.32. The number of aliphatic hydroxyl groups is 1. The van der Waals surface area contributed by atoms with Gasteiger partial charge in [0.2, 0.25) is 0 Å². The first-order valence-electron chi connectivity index (χ1n) is 6.52. The molecule has 106 valence electrons. The predicted molar refractivity (Wildman–Crippen MR) is 85.4 cm³/mol. The van der Waals surface area contributed by atoms with Gasteiger partial charge in [-0.25, -0.2) is 0 Å². The third kappa shape index (κ3) is 3.05. The summed E-state index contributed by atoms with van der Waals surface area (Å²) in [6.45, 7) is 6.01. The normalized spacial score (nSPS) is 12.3. The van der Waals surface area contributed by atoms with E-state index < -0.39 is 6.10 Å². The maximum Gasteiger partial charge on any atom is 0.124 e. The van der Waals surface area contributed by atoms with Gasteiger partial charge in [-0.2, -0.15) is 0 Å². The molecule has 0 fully saturated rings. The molecule has 20 heavy (non-hydrogen) atoms. The fourth-order valence-electron chi connectivity index (χ4n) is 2.58. The molecule has 0 heterocycles. The summed E-state index contributed by atoms with van der Waals surface area (Å²) in [5, 5.41) is 10.6. The van der Waals surface area contributed by atoms with Crippen molar-refractivity contribution in [3.8, 4) is 5.75 Å². The maximum absolute atomic E-state index is 10.6. The Balaban J connectivity index is 2.45. The highest BCUT2D eigenvalue weighted by Gasteiger charge is 2.14. The number of ether oxygens (including phenoxy) is 1. The third-order valence-corrected chi connectivity index (χ3v) is 3.84. The average Bonchev–Trinajstić information content (AvgIpc) is 2.36. The van der Waals surface area contributed by atoms with Gasteiger partial charge in [-0.3, -0.25) is 0 Å². The summed E-state index contributed by atoms with van der Waals surface area (Å²) >= 11 is 3.47. The molecule has 0 bridgehead atoms. The molecule has 0 saturated carbocycles. The minimum atomic E-state index is -0.630. The number of hydrogen-bond acceptors (Lipinski definition) is 2. The molecule has 0 radical (unpaired) electrons. The highest BCUT2D eigenvalue weighted by Crippen LogP contribution is 2.31. The highest BCUT2D eigenvalue weighted by atomic mass is 79.9. The zero-order valence-electron chi connectivity index (χ0n) is 12.2. The van der Waals surface area contributed by atoms with Gasteiger partial charge in [0, 0.05) is 4.47 Å². The van der Waals surface area contributed by atoms with Gasteiger partial charge < -0.3 is 9.84 Å². The van der Waals surface area contributed by atoms with Crippen LogP contribution in [0, 0.1) is 20.8 Å². The molecule has 2 rings (SSSR count). The van der Waals surface area contributed by atoms with Gasteiger partial charge in [-0.05, 0) is 72.9 Å². The number of benzene rings is 2. The molecular formula is C17H19BrO2. The van der Waals surface area contributed by atoms with E-state index in [9.17, 15) is 5.11 Å². The molecule has 2 aromatic rings. The monoisotopic (exact) mass is 334 g/mol. The molecule has 0 saturated heterocycles. The lowest BCUT2D eigenvalue weighted by Gasteiger charge is -2.16. The van der Waals surface area contributed by atoms with Crippen LogP contribution in [-0.4, -0.2) is 12.2 Å². The van der Waals surface area contributed by atoms with Crippen molar-refractivity contribution in [3.63, 3.8) is 0 Å². The Labute approximate surface area is 128 Å². The summed E-state index contributed by atoms with van der Waals surface area (Å²) < 4.78 is 6.35. The summed E-state index contributed by atoms with van der Waals surface area (Å²) in [5.74, 6) is 0.881. The fraction of sp³-hybridized carbons (Fsp3) is 0.294. The van der Waals surface area contributed by atoms with E-state index in [0.717, 1.165) is 38.0 Å². The average molecular weight is 335 g/mol. The minimum Gasteiger partial charge on any atom is -0.496 e. The van der Waals surface area contributed by atoms with Crippen LogP contribution in [0.15, 0.2) is 34.8 Å². The number of aliphatic hydroxyl groups excluding tert-OH is 1. The molecule has 1 atom stereocenters. The molecular weight excluding hydrogens is 316 g/mol. The lowest BCUT2D eigenvalue weighted by atomic mass is 9.96. The second-order valence-electron chi connectivity index (χ2n) is 5.15. The number of hydrogen-bond donors (Lipinski definition) is 1. The van der Waals surface area contributed by atoms with E-state index in [0.29, 0.717) is 0 Å². The van der Waals surface area contributed by atoms with Gasteiger partial charge in [-0.1, -0.05) is 22.0 Å². The Morgan fingerprint density at radius 3 is 2.00 bits per heavy atom. The minimum absolute atomic E-state index is 0.630. The molecule has 0 aliphatic carbocycles. The van der Waals surface area contributed by atoms with Crippen molar-refractivity contribution in [1.82, 2.24) is 0 Å². The Kier molecular flexibility index (Phi) is 4.51. The van der Waals surface area contributed by atoms with Gasteiger partial charge in [0.25, 0.3) is 0 Å². The molecule has 3 heteroatoms. The van der Waals surface area contributed by atoms with Crippen molar-refractivity contribution >= 4 is 15.9 Å². The van der Waals surface area contributed by atoms with E-state index >= 15 is 0 Å². The first kappa shape index (κ1) is 15.1. The van der Waals surface area contributed by atoms with Crippen molar-refractivity contribution < 1.29 is 9.84 Å². The Morgan fingerprint density at radius 2 is 1.50 bits per heavy atom. The third-order valence-electron chi connectivity index (χ3n) is 3.38. The van der Waals surface area contributed by atoms with Crippen molar-refractivity contribution in [3.05, 3.63) is 62.6 Å². The van der Waals surface area contributed by atoms with E-state index in [2.05, 4.69) is 15.9 Å². The first-order chi connectivity index (χ1) is 9.42. The molecule has 1 N–H and O–H groups in total. The van der Waals surface area contributed by atoms with Crippen molar-refractivity contribution in [2.45, 2.75) is 26.9 Å². The molecule has 2 nitrogen and oxygen atoms in total. The predicted octanol–water partition coefficient (Wildman–Crippen LogP) is 4.46. The Bertz CT molecular complexity index is 592. The number of methoxy groups -OCH3 is 1. The number of aryl methyl sites for hydroxylation is 3. The van der Waals surface area contributed by atoms with Crippen LogP contribution in [0.1, 0.15) is 33.9 Å². The highest BCUT2D eigenvalue weighted by molar-refractivity contribution is 9.10. The van der Waals surface area contributed by atoms with Gasteiger partial charge in [-0.15, -0.1) is 0 Å². The van der Waals surface area contributed by atoms with Gasteiger partial charge >= 0.3 is 0 Å². The van der Waals surface area contributed by atoms with Gasteiger partial charge in [0.05, 0.1) is 7.11 Å². The quantitative estimate of drug-likeness (QED) is 0.897. The van der Waals surface area contributed by atoms with Crippen molar-refractivity contribution in [1.29, 1.82) is 0 Å². The largest absolute Gasteiger partial charge is 0.496 e. The zero-order valence-corrected chi connectivity index (χ0v) is 13.8. The van der Waals surface area contributed by atoms with Gasteiger partial charge in [0.15, 0.2) is 0 Å². The van der Waals surface area contributed by atoms with Crippen LogP contribution in [0.3, 0.4) is 0 Å². The summed E-state index contributed by atoms with van der Waals surface area (Å²) in [6.07, 6.45) is -0.630. The van der Waals surface area contributed by atoms with E-state index in [1.807, 2.05) is 51.1 Å². The van der Waals surface area contributed by atoms with Crippen LogP contribution in [-0.2, 0) is 0 Å². The lowest BCUT2D eigenvalue weighted by Crippen LogP contribution is -2.02. The molecule has 0 aliphatic heterocycles. The second-order valence-corrected chi connectivity index (χ2v) is 6.07. The second kappa shape index (κ2) is 5.98. The van der Waals surface area contributed by atoms with E-state index in [-0.39, 0.29) is 0 Å². The van der Waals surface area contributed by atoms with E-state index in [1.54, 1.807) is 7.11 Å². The van der Waals surface area contributed by atoms with Crippen LogP contribution in [0.5, 0.6) is 5.75 Å². The SMILES string of the molecule is COc1c(C)cc(C(O)c2cc(C)cc(Br)c2)cc1C. The lowest BCUT2D eigenvalue weighted by molar-refractivity contribution is 0.220. The summed E-state index contributed by atoms with van der Waals surface area (Å²) in [7, 11) is 1.67. The molecule has 0 amide bonds. The summed E-state index contributed by atoms with van der Waals surface area (Å²) in [6, 6.07) is 9.94. The van der Waals surface area contributed by atoms with Gasteiger partial charge in [0.1, 0.15) is 11.9 Å². The zero-order chi connectivity index (χ0) is 14.9. The summed E-state index contributed by atoms with van der Waals surface area (Å²) in [4.78, 5) is 0.